The molecule has 0 saturated carbocycles. The summed E-state index contributed by atoms with van der Waals surface area (Å²) in [5.74, 6) is 1.03. The van der Waals surface area contributed by atoms with Gasteiger partial charge in [0.1, 0.15) is 22.8 Å². The summed E-state index contributed by atoms with van der Waals surface area (Å²) in [6.45, 7) is 9.79. The van der Waals surface area contributed by atoms with Gasteiger partial charge >= 0.3 is 6.09 Å². The number of amides is 2. The second-order valence-corrected chi connectivity index (χ2v) is 14.6. The summed E-state index contributed by atoms with van der Waals surface area (Å²) in [7, 11) is 3.63. The van der Waals surface area contributed by atoms with Crippen LogP contribution in [0.25, 0.3) is 22.2 Å². The van der Waals surface area contributed by atoms with Gasteiger partial charge in [0.25, 0.3) is 5.91 Å². The quantitative estimate of drug-likeness (QED) is 0.211. The Labute approximate surface area is 302 Å². The lowest BCUT2D eigenvalue weighted by atomic mass is 9.94. The maximum atomic E-state index is 14.2. The maximum Gasteiger partial charge on any atom is 0.417 e. The molecule has 0 aliphatic carbocycles. The Morgan fingerprint density at radius 2 is 1.85 bits per heavy atom. The number of pyridine rings is 2. The second kappa shape index (κ2) is 13.3. The molecule has 0 bridgehead atoms. The molecule has 2 aromatic carbocycles. The number of nitrogens with zero attached hydrogens (tertiary/aromatic N) is 6. The van der Waals surface area contributed by atoms with Crippen molar-refractivity contribution < 1.29 is 23.8 Å². The zero-order chi connectivity index (χ0) is 36.1. The molecule has 0 radical (unpaired) electrons. The zero-order valence-corrected chi connectivity index (χ0v) is 30.2. The zero-order valence-electron chi connectivity index (χ0n) is 30.2. The molecule has 1 atom stereocenters. The van der Waals surface area contributed by atoms with E-state index in [1.165, 1.54) is 10.5 Å². The Morgan fingerprint density at radius 1 is 1.02 bits per heavy atom. The van der Waals surface area contributed by atoms with E-state index in [1.807, 2.05) is 60.3 Å². The minimum atomic E-state index is -0.760. The van der Waals surface area contributed by atoms with Crippen molar-refractivity contribution in [3.8, 4) is 16.9 Å². The van der Waals surface area contributed by atoms with E-state index in [1.54, 1.807) is 34.1 Å². The fourth-order valence-electron chi connectivity index (χ4n) is 7.53. The van der Waals surface area contributed by atoms with Gasteiger partial charge in [0.05, 0.1) is 55.5 Å². The van der Waals surface area contributed by atoms with Gasteiger partial charge in [-0.1, -0.05) is 18.2 Å². The number of methoxy groups -OCH3 is 1. The Morgan fingerprint density at radius 3 is 2.63 bits per heavy atom. The molecule has 12 heteroatoms. The summed E-state index contributed by atoms with van der Waals surface area (Å²) in [5.41, 5.74) is 6.84. The number of carbonyl (C=O) groups is 2. The maximum absolute atomic E-state index is 14.2. The van der Waals surface area contributed by atoms with Crippen LogP contribution in [0.3, 0.4) is 0 Å². The number of aryl methyl sites for hydroxylation is 1. The number of nitrogens with one attached hydrogen (secondary N) is 1. The third kappa shape index (κ3) is 6.33. The van der Waals surface area contributed by atoms with Crippen LogP contribution >= 0.6 is 0 Å². The summed E-state index contributed by atoms with van der Waals surface area (Å²) in [6.07, 6.45) is 3.07. The first-order chi connectivity index (χ1) is 25.1. The van der Waals surface area contributed by atoms with Crippen molar-refractivity contribution in [1.82, 2.24) is 24.3 Å². The number of fused-ring (bicyclic) bond motifs is 5. The molecule has 6 heterocycles. The Bertz CT molecular complexity index is 2170. The van der Waals surface area contributed by atoms with Crippen LogP contribution in [0.1, 0.15) is 48.0 Å². The minimum absolute atomic E-state index is 0.0843. The molecular weight excluding hydrogens is 658 g/mol. The van der Waals surface area contributed by atoms with Crippen molar-refractivity contribution >= 4 is 40.2 Å². The highest BCUT2D eigenvalue weighted by atomic mass is 16.6. The lowest BCUT2D eigenvalue weighted by molar-refractivity contribution is 0.0248. The minimum Gasteiger partial charge on any atom is -0.497 e. The number of aromatic nitrogens is 3. The number of carbonyl (C=O) groups excluding carboxylic acids is 2. The number of imide groups is 1. The third-order valence-electron chi connectivity index (χ3n) is 9.92. The van der Waals surface area contributed by atoms with Gasteiger partial charge in [-0.2, -0.15) is 0 Å². The van der Waals surface area contributed by atoms with Crippen molar-refractivity contribution in [2.45, 2.75) is 52.0 Å². The molecule has 3 aliphatic heterocycles. The Kier molecular flexibility index (Phi) is 8.59. The number of hydrogen-bond acceptors (Lipinski definition) is 10. The Hall–Kier alpha value is -5.46. The van der Waals surface area contributed by atoms with Crippen molar-refractivity contribution in [3.05, 3.63) is 95.4 Å². The third-order valence-corrected chi connectivity index (χ3v) is 9.92. The van der Waals surface area contributed by atoms with Crippen molar-refractivity contribution in [2.75, 3.05) is 43.6 Å². The van der Waals surface area contributed by atoms with Crippen LogP contribution in [0.4, 0.5) is 22.0 Å². The predicted octanol–water partition coefficient (Wildman–Crippen LogP) is 6.50. The first-order valence-corrected chi connectivity index (χ1v) is 17.6. The van der Waals surface area contributed by atoms with Crippen LogP contribution in [0.5, 0.6) is 5.75 Å². The normalized spacial score (nSPS) is 17.4. The van der Waals surface area contributed by atoms with Gasteiger partial charge in [0.15, 0.2) is 0 Å². The van der Waals surface area contributed by atoms with Crippen LogP contribution in [0.2, 0.25) is 0 Å². The van der Waals surface area contributed by atoms with Gasteiger partial charge in [-0.3, -0.25) is 9.69 Å². The largest absolute Gasteiger partial charge is 0.497 e. The van der Waals surface area contributed by atoms with Gasteiger partial charge in [0.2, 0.25) is 0 Å². The van der Waals surface area contributed by atoms with Gasteiger partial charge in [-0.15, -0.1) is 0 Å². The molecule has 0 spiro atoms. The van der Waals surface area contributed by atoms with E-state index in [2.05, 4.69) is 38.3 Å². The van der Waals surface area contributed by atoms with Gasteiger partial charge in [-0.25, -0.2) is 19.7 Å². The monoisotopic (exact) mass is 701 g/mol. The highest BCUT2D eigenvalue weighted by Crippen LogP contribution is 2.41. The van der Waals surface area contributed by atoms with E-state index >= 15 is 0 Å². The van der Waals surface area contributed by atoms with Crippen LogP contribution in [0.15, 0.2) is 73.1 Å². The smallest absolute Gasteiger partial charge is 0.417 e. The van der Waals surface area contributed by atoms with Crippen LogP contribution in [-0.2, 0) is 36.2 Å². The molecule has 2 amide bonds. The average molecular weight is 702 g/mol. The first-order valence-electron chi connectivity index (χ1n) is 17.6. The van der Waals surface area contributed by atoms with Gasteiger partial charge in [-0.05, 0) is 85.5 Å². The molecule has 268 valence electrons. The number of ether oxygens (including phenoxy) is 3. The lowest BCUT2D eigenvalue weighted by Gasteiger charge is -2.37. The molecule has 5 aromatic rings. The number of rotatable bonds is 6. The number of hydrogen-bond donors (Lipinski definition) is 1. The molecule has 3 aromatic heterocycles. The summed E-state index contributed by atoms with van der Waals surface area (Å²) < 4.78 is 18.9. The summed E-state index contributed by atoms with van der Waals surface area (Å²) in [4.78, 5) is 43.3. The molecule has 8 rings (SSSR count). The van der Waals surface area contributed by atoms with E-state index in [0.717, 1.165) is 64.5 Å². The van der Waals surface area contributed by atoms with E-state index in [4.69, 9.17) is 19.2 Å². The molecule has 1 fully saturated rings. The van der Waals surface area contributed by atoms with Gasteiger partial charge in [0, 0.05) is 51.0 Å². The van der Waals surface area contributed by atoms with E-state index in [9.17, 15) is 9.59 Å². The van der Waals surface area contributed by atoms with Crippen molar-refractivity contribution in [3.63, 3.8) is 0 Å². The number of morpholine rings is 1. The molecule has 12 nitrogen and oxygen atoms in total. The average Bonchev–Trinajstić information content (AvgIpc) is 3.63. The standard InChI is InChI=1S/C40H43N7O5/c1-40(2,3)52-39(49)47-22-31-28(29-14-16-41-37-30(29)15-17-44(37)4)10-11-32(36(31)38(47)48)42-35-13-12-34-33(43-35)23-45(21-26-24-51-19-18-46(26)34)20-25-6-8-27(50-5)9-7-25/h6-17,26H,18-24H2,1-5H3,(H,42,43). The molecule has 3 aliphatic rings. The first kappa shape index (κ1) is 33.7. The van der Waals surface area contributed by atoms with Crippen molar-refractivity contribution in [2.24, 2.45) is 7.05 Å². The molecule has 1 N–H and O–H groups in total. The molecular formula is C40H43N7O5. The van der Waals surface area contributed by atoms with Crippen LogP contribution < -0.4 is 15.0 Å². The predicted molar refractivity (Wildman–Crippen MR) is 199 cm³/mol. The van der Waals surface area contributed by atoms with Gasteiger partial charge < -0.3 is 29.0 Å². The topological polar surface area (TPSA) is 114 Å². The van der Waals surface area contributed by atoms with E-state index in [-0.39, 0.29) is 12.6 Å². The number of anilines is 3. The highest BCUT2D eigenvalue weighted by molar-refractivity contribution is 6.12. The second-order valence-electron chi connectivity index (χ2n) is 14.6. The summed E-state index contributed by atoms with van der Waals surface area (Å²) in [5, 5.41) is 4.44. The van der Waals surface area contributed by atoms with Crippen LogP contribution in [-0.4, -0.2) is 81.4 Å². The molecule has 1 unspecified atom stereocenters. The summed E-state index contributed by atoms with van der Waals surface area (Å²) >= 11 is 0. The Balaban J connectivity index is 1.16. The highest BCUT2D eigenvalue weighted by Gasteiger charge is 2.39. The molecule has 52 heavy (non-hydrogen) atoms. The molecule has 1 saturated heterocycles. The van der Waals surface area contributed by atoms with Crippen LogP contribution in [0, 0.1) is 0 Å². The lowest BCUT2D eigenvalue weighted by Crippen LogP contribution is -2.49. The van der Waals surface area contributed by atoms with Crippen molar-refractivity contribution in [1.29, 1.82) is 0 Å². The fraction of sp³-hybridized carbons (Fsp3) is 0.350. The fourth-order valence-corrected chi connectivity index (χ4v) is 7.53. The number of benzene rings is 2. The van der Waals surface area contributed by atoms with E-state index in [0.29, 0.717) is 36.8 Å². The summed E-state index contributed by atoms with van der Waals surface area (Å²) in [6, 6.07) is 20.3. The SMILES string of the molecule is COc1ccc(CN2Cc3nc(Nc4ccc(-c5ccnc6c5ccn6C)c5c4C(=O)N(C(=O)OC(C)(C)C)C5)ccc3N3CCOCC3C2)cc1. The van der Waals surface area contributed by atoms with E-state index < -0.39 is 17.6 Å².